The molecule has 28 heavy (non-hydrogen) atoms. The van der Waals surface area contributed by atoms with Crippen LogP contribution in [0.15, 0.2) is 66.9 Å². The summed E-state index contributed by atoms with van der Waals surface area (Å²) in [6, 6.07) is 18.7. The van der Waals surface area contributed by atoms with Gasteiger partial charge in [-0.05, 0) is 54.8 Å². The Balaban J connectivity index is 1.81. The predicted octanol–water partition coefficient (Wildman–Crippen LogP) is 4.41. The van der Waals surface area contributed by atoms with Gasteiger partial charge in [0.1, 0.15) is 0 Å². The van der Waals surface area contributed by atoms with Crippen molar-refractivity contribution >= 4 is 17.6 Å². The summed E-state index contributed by atoms with van der Waals surface area (Å²) in [5.41, 5.74) is 4.66. The molecule has 1 heterocycles. The average molecular weight is 374 g/mol. The molecule has 0 unspecified atom stereocenters. The Morgan fingerprint density at radius 1 is 1.04 bits per heavy atom. The number of ether oxygens (including phenoxy) is 1. The third-order valence-electron chi connectivity index (χ3n) is 4.37. The largest absolute Gasteiger partial charge is 0.465 e. The fraction of sp³-hybridized carbons (Fsp3) is 0.174. The Kier molecular flexibility index (Phi) is 6.17. The Labute approximate surface area is 164 Å². The van der Waals surface area contributed by atoms with Gasteiger partial charge in [0.25, 0.3) is 0 Å². The molecule has 3 rings (SSSR count). The lowest BCUT2D eigenvalue weighted by Crippen LogP contribution is -2.13. The van der Waals surface area contributed by atoms with E-state index >= 15 is 0 Å². The highest BCUT2D eigenvalue weighted by atomic mass is 16.5. The van der Waals surface area contributed by atoms with Crippen LogP contribution in [0.1, 0.15) is 28.0 Å². The van der Waals surface area contributed by atoms with Crippen LogP contribution in [-0.2, 0) is 16.0 Å². The quantitative estimate of drug-likeness (QED) is 0.649. The molecular weight excluding hydrogens is 352 g/mol. The van der Waals surface area contributed by atoms with Gasteiger partial charge in [-0.25, -0.2) is 4.79 Å². The van der Waals surface area contributed by atoms with Crippen molar-refractivity contribution in [1.29, 1.82) is 0 Å². The van der Waals surface area contributed by atoms with Crippen LogP contribution in [0.3, 0.4) is 0 Å². The van der Waals surface area contributed by atoms with Gasteiger partial charge in [0, 0.05) is 24.0 Å². The van der Waals surface area contributed by atoms with E-state index in [0.29, 0.717) is 24.1 Å². The Morgan fingerprint density at radius 3 is 2.61 bits per heavy atom. The van der Waals surface area contributed by atoms with E-state index in [4.69, 9.17) is 4.74 Å². The lowest BCUT2D eigenvalue weighted by Gasteiger charge is -2.12. The predicted molar refractivity (Wildman–Crippen MR) is 109 cm³/mol. The van der Waals surface area contributed by atoms with Crippen molar-refractivity contribution in [3.8, 4) is 11.1 Å². The Morgan fingerprint density at radius 2 is 1.89 bits per heavy atom. The van der Waals surface area contributed by atoms with Crippen molar-refractivity contribution in [2.75, 3.05) is 12.4 Å². The SMILES string of the molecule is COC(=O)c1ccc(NC(=O)CCc2ccccn2)cc1-c1cccc(C)c1. The third kappa shape index (κ3) is 4.82. The number of nitrogens with zero attached hydrogens (tertiary/aromatic N) is 1. The molecule has 0 spiro atoms. The van der Waals surface area contributed by atoms with E-state index in [1.807, 2.05) is 49.4 Å². The summed E-state index contributed by atoms with van der Waals surface area (Å²) in [6.45, 7) is 1.99. The lowest BCUT2D eigenvalue weighted by molar-refractivity contribution is -0.116. The fourth-order valence-electron chi connectivity index (χ4n) is 2.97. The van der Waals surface area contributed by atoms with Crippen LogP contribution in [0.5, 0.6) is 0 Å². The second-order valence-corrected chi connectivity index (χ2v) is 6.49. The molecule has 0 saturated heterocycles. The second-order valence-electron chi connectivity index (χ2n) is 6.49. The summed E-state index contributed by atoms with van der Waals surface area (Å²) >= 11 is 0. The van der Waals surface area contributed by atoms with Crippen molar-refractivity contribution in [3.63, 3.8) is 0 Å². The second kappa shape index (κ2) is 8.95. The minimum atomic E-state index is -0.412. The maximum atomic E-state index is 12.3. The van der Waals surface area contributed by atoms with Gasteiger partial charge in [-0.3, -0.25) is 9.78 Å². The van der Waals surface area contributed by atoms with E-state index in [9.17, 15) is 9.59 Å². The average Bonchev–Trinajstić information content (AvgIpc) is 2.72. The van der Waals surface area contributed by atoms with E-state index in [1.165, 1.54) is 7.11 Å². The molecule has 0 aliphatic rings. The summed E-state index contributed by atoms with van der Waals surface area (Å²) in [5.74, 6) is -0.517. The molecule has 0 fully saturated rings. The first-order valence-corrected chi connectivity index (χ1v) is 9.06. The number of aryl methyl sites for hydroxylation is 2. The molecule has 0 aliphatic heterocycles. The van der Waals surface area contributed by atoms with Gasteiger partial charge in [0.15, 0.2) is 0 Å². The van der Waals surface area contributed by atoms with E-state index in [-0.39, 0.29) is 5.91 Å². The minimum Gasteiger partial charge on any atom is -0.465 e. The van der Waals surface area contributed by atoms with Crippen LogP contribution in [0, 0.1) is 6.92 Å². The van der Waals surface area contributed by atoms with Crippen LogP contribution in [0.4, 0.5) is 5.69 Å². The maximum Gasteiger partial charge on any atom is 0.338 e. The van der Waals surface area contributed by atoms with Crippen molar-refractivity contribution in [3.05, 3.63) is 83.7 Å². The molecular formula is C23H22N2O3. The number of anilines is 1. The number of hydrogen-bond acceptors (Lipinski definition) is 4. The topological polar surface area (TPSA) is 68.3 Å². The first-order chi connectivity index (χ1) is 13.6. The Hall–Kier alpha value is -3.47. The van der Waals surface area contributed by atoms with Crippen LogP contribution < -0.4 is 5.32 Å². The third-order valence-corrected chi connectivity index (χ3v) is 4.37. The van der Waals surface area contributed by atoms with Crippen LogP contribution in [-0.4, -0.2) is 24.0 Å². The highest BCUT2D eigenvalue weighted by Gasteiger charge is 2.15. The Bertz CT molecular complexity index is 984. The molecule has 1 aromatic heterocycles. The number of carbonyl (C=O) groups excluding carboxylic acids is 2. The van der Waals surface area contributed by atoms with E-state index < -0.39 is 5.97 Å². The number of carbonyl (C=O) groups is 2. The fourth-order valence-corrected chi connectivity index (χ4v) is 2.97. The van der Waals surface area contributed by atoms with Gasteiger partial charge in [-0.15, -0.1) is 0 Å². The number of aromatic nitrogens is 1. The molecule has 142 valence electrons. The number of hydrogen-bond donors (Lipinski definition) is 1. The smallest absolute Gasteiger partial charge is 0.338 e. The molecule has 5 heteroatoms. The number of pyridine rings is 1. The number of benzene rings is 2. The number of methoxy groups -OCH3 is 1. The molecule has 1 amide bonds. The van der Waals surface area contributed by atoms with Crippen LogP contribution in [0.25, 0.3) is 11.1 Å². The molecule has 2 aromatic carbocycles. The molecule has 0 saturated carbocycles. The number of nitrogens with one attached hydrogen (secondary N) is 1. The minimum absolute atomic E-state index is 0.105. The zero-order valence-corrected chi connectivity index (χ0v) is 15.9. The maximum absolute atomic E-state index is 12.3. The molecule has 1 N–H and O–H groups in total. The molecule has 0 aliphatic carbocycles. The summed E-state index contributed by atoms with van der Waals surface area (Å²) in [5, 5.41) is 2.90. The zero-order chi connectivity index (χ0) is 19.9. The molecule has 3 aromatic rings. The van der Waals surface area contributed by atoms with Gasteiger partial charge in [-0.1, -0.05) is 35.9 Å². The van der Waals surface area contributed by atoms with E-state index in [0.717, 1.165) is 22.4 Å². The first kappa shape index (κ1) is 19.3. The van der Waals surface area contributed by atoms with Crippen molar-refractivity contribution in [2.24, 2.45) is 0 Å². The summed E-state index contributed by atoms with van der Waals surface area (Å²) in [4.78, 5) is 28.7. The van der Waals surface area contributed by atoms with Crippen molar-refractivity contribution in [2.45, 2.75) is 19.8 Å². The highest BCUT2D eigenvalue weighted by Crippen LogP contribution is 2.28. The van der Waals surface area contributed by atoms with Crippen LogP contribution >= 0.6 is 0 Å². The van der Waals surface area contributed by atoms with Crippen molar-refractivity contribution in [1.82, 2.24) is 4.98 Å². The molecule has 0 radical (unpaired) electrons. The van der Waals surface area contributed by atoms with Crippen molar-refractivity contribution < 1.29 is 14.3 Å². The lowest BCUT2D eigenvalue weighted by atomic mass is 9.97. The first-order valence-electron chi connectivity index (χ1n) is 9.06. The molecule has 0 atom stereocenters. The molecule has 0 bridgehead atoms. The summed E-state index contributed by atoms with van der Waals surface area (Å²) < 4.78 is 4.90. The number of amides is 1. The van der Waals surface area contributed by atoms with Gasteiger partial charge in [0.05, 0.1) is 12.7 Å². The van der Waals surface area contributed by atoms with Gasteiger partial charge < -0.3 is 10.1 Å². The summed E-state index contributed by atoms with van der Waals surface area (Å²) in [7, 11) is 1.36. The summed E-state index contributed by atoms with van der Waals surface area (Å²) in [6.07, 6.45) is 2.61. The van der Waals surface area contributed by atoms with Crippen LogP contribution in [0.2, 0.25) is 0 Å². The monoisotopic (exact) mass is 374 g/mol. The van der Waals surface area contributed by atoms with Gasteiger partial charge in [0.2, 0.25) is 5.91 Å². The zero-order valence-electron chi connectivity index (χ0n) is 15.9. The molecule has 5 nitrogen and oxygen atoms in total. The normalized spacial score (nSPS) is 10.4. The number of esters is 1. The van der Waals surface area contributed by atoms with E-state index in [1.54, 1.807) is 24.4 Å². The van der Waals surface area contributed by atoms with Gasteiger partial charge in [-0.2, -0.15) is 0 Å². The van der Waals surface area contributed by atoms with E-state index in [2.05, 4.69) is 10.3 Å². The number of rotatable bonds is 6. The van der Waals surface area contributed by atoms with Gasteiger partial charge >= 0.3 is 5.97 Å². The highest BCUT2D eigenvalue weighted by molar-refractivity contribution is 5.99. The standard InChI is InChI=1S/C23H22N2O3/c1-16-6-5-7-17(14-16)21-15-19(9-11-20(21)23(27)28-2)25-22(26)12-10-18-8-3-4-13-24-18/h3-9,11,13-15H,10,12H2,1-2H3,(H,25,26).